The molecule has 0 N–H and O–H groups in total. The lowest BCUT2D eigenvalue weighted by molar-refractivity contribution is 0.407. The van der Waals surface area contributed by atoms with Crippen molar-refractivity contribution in [3.05, 3.63) is 61.8 Å². The first kappa shape index (κ1) is 19.2. The van der Waals surface area contributed by atoms with Gasteiger partial charge in [-0.3, -0.25) is 4.68 Å². The maximum Gasteiger partial charge on any atom is 0.134 e. The third kappa shape index (κ3) is 4.05. The van der Waals surface area contributed by atoms with Gasteiger partial charge in [0.05, 0.1) is 35.6 Å². The van der Waals surface area contributed by atoms with Crippen LogP contribution in [0.3, 0.4) is 0 Å². The number of methoxy groups -OCH3 is 1. The molecule has 0 aliphatic heterocycles. The second kappa shape index (κ2) is 7.95. The number of aromatic nitrogens is 3. The van der Waals surface area contributed by atoms with Crippen LogP contribution in [0.5, 0.6) is 5.75 Å². The smallest absolute Gasteiger partial charge is 0.134 e. The molecule has 0 spiro atoms. The SMILES string of the molecule is COc1ccc(C=C(C#N)c2nc(C)cs2)cc1Cn1nc(C)c(Cl)c1C. The minimum Gasteiger partial charge on any atom is -0.496 e. The molecule has 1 aromatic carbocycles. The average Bonchev–Trinajstić information content (AvgIpc) is 3.19. The maximum atomic E-state index is 9.52. The summed E-state index contributed by atoms with van der Waals surface area (Å²) in [5, 5.41) is 17.3. The minimum atomic E-state index is 0.530. The summed E-state index contributed by atoms with van der Waals surface area (Å²) in [4.78, 5) is 4.40. The maximum absolute atomic E-state index is 9.52. The molecule has 0 fully saturated rings. The van der Waals surface area contributed by atoms with Crippen LogP contribution in [0.4, 0.5) is 0 Å². The quantitative estimate of drug-likeness (QED) is 0.565. The number of rotatable bonds is 5. The van der Waals surface area contributed by atoms with Crippen LogP contribution < -0.4 is 4.74 Å². The Balaban J connectivity index is 1.99. The number of nitriles is 1. The molecule has 7 heteroatoms. The lowest BCUT2D eigenvalue weighted by atomic mass is 10.1. The Bertz CT molecular complexity index is 1060. The molecule has 0 aliphatic rings. The second-order valence-corrected chi connectivity index (χ2v) is 7.41. The zero-order valence-electron chi connectivity index (χ0n) is 15.6. The molecule has 0 radical (unpaired) electrons. The number of benzene rings is 1. The van der Waals surface area contributed by atoms with Gasteiger partial charge in [0, 0.05) is 16.6 Å². The van der Waals surface area contributed by atoms with Crippen molar-refractivity contribution in [2.24, 2.45) is 0 Å². The Kier molecular flexibility index (Phi) is 5.64. The van der Waals surface area contributed by atoms with Gasteiger partial charge in [-0.25, -0.2) is 4.98 Å². The van der Waals surface area contributed by atoms with Gasteiger partial charge < -0.3 is 4.74 Å². The van der Waals surface area contributed by atoms with E-state index in [1.165, 1.54) is 11.3 Å². The molecule has 27 heavy (non-hydrogen) atoms. The standard InChI is InChI=1S/C20H19ClN4OS/c1-12-11-27-20(23-12)16(9-22)7-15-5-6-18(26-4)17(8-15)10-25-14(3)19(21)13(2)24-25/h5-8,11H,10H2,1-4H3. The summed E-state index contributed by atoms with van der Waals surface area (Å²) in [7, 11) is 1.64. The third-order valence-corrected chi connectivity index (χ3v) is 5.74. The summed E-state index contributed by atoms with van der Waals surface area (Å²) < 4.78 is 7.36. The van der Waals surface area contributed by atoms with Crippen molar-refractivity contribution in [1.29, 1.82) is 5.26 Å². The molecule has 138 valence electrons. The first-order valence-corrected chi connectivity index (χ1v) is 9.59. The van der Waals surface area contributed by atoms with Gasteiger partial charge in [0.25, 0.3) is 0 Å². The molecule has 0 saturated heterocycles. The molecule has 0 amide bonds. The summed E-state index contributed by atoms with van der Waals surface area (Å²) in [6.07, 6.45) is 1.84. The molecular formula is C20H19ClN4OS. The Hall–Kier alpha value is -2.62. The number of nitrogens with zero attached hydrogens (tertiary/aromatic N) is 4. The number of ether oxygens (including phenoxy) is 1. The molecule has 0 aliphatic carbocycles. The van der Waals surface area contributed by atoms with E-state index in [-0.39, 0.29) is 0 Å². The topological polar surface area (TPSA) is 63.7 Å². The highest BCUT2D eigenvalue weighted by Crippen LogP contribution is 2.27. The van der Waals surface area contributed by atoms with Crippen LogP contribution in [0.25, 0.3) is 11.6 Å². The number of thiazole rings is 1. The lowest BCUT2D eigenvalue weighted by Crippen LogP contribution is -2.06. The van der Waals surface area contributed by atoms with Gasteiger partial charge in [-0.2, -0.15) is 10.4 Å². The van der Waals surface area contributed by atoms with Crippen LogP contribution in [0, 0.1) is 32.1 Å². The van der Waals surface area contributed by atoms with E-state index < -0.39 is 0 Å². The first-order chi connectivity index (χ1) is 12.9. The number of hydrogen-bond donors (Lipinski definition) is 0. The van der Waals surface area contributed by atoms with E-state index in [0.29, 0.717) is 17.1 Å². The van der Waals surface area contributed by atoms with E-state index >= 15 is 0 Å². The van der Waals surface area contributed by atoms with Gasteiger partial charge in [0.1, 0.15) is 16.8 Å². The Morgan fingerprint density at radius 3 is 2.70 bits per heavy atom. The normalized spacial score (nSPS) is 11.5. The van der Waals surface area contributed by atoms with Gasteiger partial charge in [-0.1, -0.05) is 17.7 Å². The summed E-state index contributed by atoms with van der Waals surface area (Å²) in [6, 6.07) is 8.07. The fourth-order valence-corrected chi connectivity index (χ4v) is 3.69. The Morgan fingerprint density at radius 2 is 2.15 bits per heavy atom. The van der Waals surface area contributed by atoms with Crippen molar-refractivity contribution in [2.75, 3.05) is 7.11 Å². The molecule has 0 bridgehead atoms. The molecular weight excluding hydrogens is 380 g/mol. The van der Waals surface area contributed by atoms with E-state index in [1.54, 1.807) is 7.11 Å². The Morgan fingerprint density at radius 1 is 1.37 bits per heavy atom. The molecule has 0 saturated carbocycles. The molecule has 3 aromatic rings. The molecule has 5 nitrogen and oxygen atoms in total. The molecule has 0 atom stereocenters. The predicted octanol–water partition coefficient (Wildman–Crippen LogP) is 5.04. The van der Waals surface area contributed by atoms with E-state index in [2.05, 4.69) is 16.2 Å². The summed E-state index contributed by atoms with van der Waals surface area (Å²) in [5.74, 6) is 0.763. The lowest BCUT2D eigenvalue weighted by Gasteiger charge is -2.11. The Labute approximate surface area is 167 Å². The van der Waals surface area contributed by atoms with Gasteiger partial charge in [-0.15, -0.1) is 11.3 Å². The predicted molar refractivity (Wildman–Crippen MR) is 109 cm³/mol. The summed E-state index contributed by atoms with van der Waals surface area (Å²) >= 11 is 7.73. The molecule has 0 unspecified atom stereocenters. The van der Waals surface area contributed by atoms with Crippen molar-refractivity contribution in [2.45, 2.75) is 27.3 Å². The number of halogens is 1. The zero-order chi connectivity index (χ0) is 19.6. The molecule has 3 rings (SSSR count). The third-order valence-electron chi connectivity index (χ3n) is 4.20. The van der Waals surface area contributed by atoms with E-state index in [1.807, 2.05) is 55.1 Å². The van der Waals surface area contributed by atoms with E-state index in [4.69, 9.17) is 16.3 Å². The van der Waals surface area contributed by atoms with E-state index in [9.17, 15) is 5.26 Å². The van der Waals surface area contributed by atoms with Crippen molar-refractivity contribution >= 4 is 34.6 Å². The van der Waals surface area contributed by atoms with Crippen LogP contribution in [0.1, 0.15) is 33.2 Å². The fraction of sp³-hybridized carbons (Fsp3) is 0.250. The monoisotopic (exact) mass is 398 g/mol. The highest BCUT2D eigenvalue weighted by molar-refractivity contribution is 7.11. The number of allylic oxidation sites excluding steroid dienone is 1. The number of hydrogen-bond acceptors (Lipinski definition) is 5. The van der Waals surface area contributed by atoms with Crippen LogP contribution in [-0.4, -0.2) is 21.9 Å². The minimum absolute atomic E-state index is 0.530. The number of aryl methyl sites for hydroxylation is 2. The van der Waals surface area contributed by atoms with Crippen molar-refractivity contribution in [3.8, 4) is 11.8 Å². The van der Waals surface area contributed by atoms with Crippen LogP contribution in [0.15, 0.2) is 23.6 Å². The van der Waals surface area contributed by atoms with Crippen LogP contribution in [-0.2, 0) is 6.54 Å². The summed E-state index contributed by atoms with van der Waals surface area (Å²) in [5.41, 5.74) is 5.03. The largest absolute Gasteiger partial charge is 0.496 e. The molecule has 2 aromatic heterocycles. The highest BCUT2D eigenvalue weighted by Gasteiger charge is 2.13. The second-order valence-electron chi connectivity index (χ2n) is 6.18. The van der Waals surface area contributed by atoms with Crippen molar-refractivity contribution < 1.29 is 4.74 Å². The fourth-order valence-electron chi connectivity index (χ4n) is 2.79. The van der Waals surface area contributed by atoms with Crippen molar-refractivity contribution in [3.63, 3.8) is 0 Å². The van der Waals surface area contributed by atoms with Gasteiger partial charge >= 0.3 is 0 Å². The molecule has 2 heterocycles. The van der Waals surface area contributed by atoms with Crippen LogP contribution in [0.2, 0.25) is 5.02 Å². The first-order valence-electron chi connectivity index (χ1n) is 8.33. The summed E-state index contributed by atoms with van der Waals surface area (Å²) in [6.45, 7) is 6.27. The average molecular weight is 399 g/mol. The van der Waals surface area contributed by atoms with Gasteiger partial charge in [-0.05, 0) is 44.5 Å². The van der Waals surface area contributed by atoms with Crippen molar-refractivity contribution in [1.82, 2.24) is 14.8 Å². The van der Waals surface area contributed by atoms with Crippen LogP contribution >= 0.6 is 22.9 Å². The van der Waals surface area contributed by atoms with Gasteiger partial charge in [0.2, 0.25) is 0 Å². The zero-order valence-corrected chi connectivity index (χ0v) is 17.1. The van der Waals surface area contributed by atoms with E-state index in [0.717, 1.165) is 39.0 Å². The van der Waals surface area contributed by atoms with Gasteiger partial charge in [0.15, 0.2) is 0 Å². The highest BCUT2D eigenvalue weighted by atomic mass is 35.5.